The first kappa shape index (κ1) is 17.4. The van der Waals surface area contributed by atoms with Gasteiger partial charge in [-0.2, -0.15) is 0 Å². The zero-order chi connectivity index (χ0) is 17.1. The van der Waals surface area contributed by atoms with Gasteiger partial charge in [0.1, 0.15) is 5.82 Å². The molecule has 1 aromatic heterocycles. The van der Waals surface area contributed by atoms with Crippen LogP contribution in [0.1, 0.15) is 39.6 Å². The van der Waals surface area contributed by atoms with Crippen LogP contribution in [-0.2, 0) is 11.3 Å². The number of hydrogen-bond acceptors (Lipinski definition) is 4. The van der Waals surface area contributed by atoms with E-state index >= 15 is 0 Å². The minimum Gasteiger partial charge on any atom is -0.379 e. The van der Waals surface area contributed by atoms with Gasteiger partial charge in [0.15, 0.2) is 0 Å². The van der Waals surface area contributed by atoms with Crippen LogP contribution >= 0.6 is 0 Å². The Bertz CT molecular complexity index is 668. The topological polar surface area (TPSA) is 42.3 Å². The highest BCUT2D eigenvalue weighted by atomic mass is 16.5. The number of imidazole rings is 1. The lowest BCUT2D eigenvalue weighted by molar-refractivity contribution is -0.0185. The third-order valence-electron chi connectivity index (χ3n) is 5.09. The molecule has 24 heavy (non-hydrogen) atoms. The van der Waals surface area contributed by atoms with Crippen LogP contribution in [-0.4, -0.2) is 52.8 Å². The molecule has 5 nitrogen and oxygen atoms in total. The van der Waals surface area contributed by atoms with Gasteiger partial charge < -0.3 is 14.6 Å². The highest BCUT2D eigenvalue weighted by Gasteiger charge is 2.24. The van der Waals surface area contributed by atoms with Crippen LogP contribution in [0.15, 0.2) is 24.3 Å². The zero-order valence-corrected chi connectivity index (χ0v) is 15.3. The largest absolute Gasteiger partial charge is 0.379 e. The van der Waals surface area contributed by atoms with Crippen molar-refractivity contribution >= 4 is 11.0 Å². The van der Waals surface area contributed by atoms with Crippen LogP contribution in [0.25, 0.3) is 11.0 Å². The zero-order valence-electron chi connectivity index (χ0n) is 15.3. The van der Waals surface area contributed by atoms with E-state index in [0.717, 1.165) is 44.2 Å². The minimum atomic E-state index is 0.233. The van der Waals surface area contributed by atoms with E-state index in [1.54, 1.807) is 0 Å². The van der Waals surface area contributed by atoms with Gasteiger partial charge in [-0.15, -0.1) is 0 Å². The maximum absolute atomic E-state index is 5.55. The summed E-state index contributed by atoms with van der Waals surface area (Å²) in [6.07, 6.45) is 0. The Kier molecular flexibility index (Phi) is 5.54. The van der Waals surface area contributed by atoms with Crippen molar-refractivity contribution in [1.82, 2.24) is 19.8 Å². The van der Waals surface area contributed by atoms with E-state index < -0.39 is 0 Å². The van der Waals surface area contributed by atoms with E-state index in [9.17, 15) is 0 Å². The predicted octanol–water partition coefficient (Wildman–Crippen LogP) is 2.82. The summed E-state index contributed by atoms with van der Waals surface area (Å²) in [5.74, 6) is 1.13. The maximum atomic E-state index is 5.55. The molecule has 1 saturated heterocycles. The minimum absolute atomic E-state index is 0.233. The molecular weight excluding hydrogens is 300 g/mol. The number of rotatable bonds is 6. The summed E-state index contributed by atoms with van der Waals surface area (Å²) in [4.78, 5) is 7.39. The van der Waals surface area contributed by atoms with Crippen LogP contribution in [0.3, 0.4) is 0 Å². The summed E-state index contributed by atoms with van der Waals surface area (Å²) in [5, 5.41) is 3.69. The number of morpholine rings is 1. The SMILES string of the molecule is CCn1c([C@H](C)NC[C@H](C)N2CCOC[C@H]2C)nc2ccccc21. The summed E-state index contributed by atoms with van der Waals surface area (Å²) in [5.41, 5.74) is 2.30. The van der Waals surface area contributed by atoms with Crippen LogP contribution in [0.5, 0.6) is 0 Å². The quantitative estimate of drug-likeness (QED) is 0.884. The second kappa shape index (κ2) is 7.64. The third kappa shape index (κ3) is 3.48. The van der Waals surface area contributed by atoms with Gasteiger partial charge in [0.05, 0.1) is 30.3 Å². The normalized spacial score (nSPS) is 21.9. The molecule has 0 saturated carbocycles. The number of fused-ring (bicyclic) bond motifs is 1. The lowest BCUT2D eigenvalue weighted by atomic mass is 10.1. The predicted molar refractivity (Wildman–Crippen MR) is 98.3 cm³/mol. The van der Waals surface area contributed by atoms with E-state index in [1.165, 1.54) is 5.52 Å². The van der Waals surface area contributed by atoms with Gasteiger partial charge in [-0.1, -0.05) is 12.1 Å². The molecule has 5 heteroatoms. The Morgan fingerprint density at radius 1 is 1.33 bits per heavy atom. The molecule has 2 heterocycles. The third-order valence-corrected chi connectivity index (χ3v) is 5.09. The lowest BCUT2D eigenvalue weighted by Gasteiger charge is -2.38. The summed E-state index contributed by atoms with van der Waals surface area (Å²) in [7, 11) is 0. The molecule has 3 atom stereocenters. The van der Waals surface area contributed by atoms with Crippen LogP contribution in [0.2, 0.25) is 0 Å². The first-order valence-corrected chi connectivity index (χ1v) is 9.13. The van der Waals surface area contributed by atoms with Crippen molar-refractivity contribution in [2.45, 2.75) is 52.4 Å². The molecular formula is C19H30N4O. The van der Waals surface area contributed by atoms with Gasteiger partial charge in [-0.05, 0) is 39.8 Å². The Balaban J connectivity index is 1.67. The molecule has 0 aliphatic carbocycles. The van der Waals surface area contributed by atoms with Crippen molar-refractivity contribution in [1.29, 1.82) is 0 Å². The smallest absolute Gasteiger partial charge is 0.126 e. The Hall–Kier alpha value is -1.43. The summed E-state index contributed by atoms with van der Waals surface area (Å²) >= 11 is 0. The first-order valence-electron chi connectivity index (χ1n) is 9.13. The summed E-state index contributed by atoms with van der Waals surface area (Å²) < 4.78 is 7.86. The lowest BCUT2D eigenvalue weighted by Crippen LogP contribution is -2.51. The second-order valence-electron chi connectivity index (χ2n) is 6.84. The second-order valence-corrected chi connectivity index (χ2v) is 6.84. The van der Waals surface area contributed by atoms with Gasteiger partial charge in [0.25, 0.3) is 0 Å². The highest BCUT2D eigenvalue weighted by Crippen LogP contribution is 2.21. The number of benzene rings is 1. The van der Waals surface area contributed by atoms with Gasteiger partial charge in [-0.3, -0.25) is 4.90 Å². The molecule has 0 spiro atoms. The molecule has 1 aliphatic heterocycles. The van der Waals surface area contributed by atoms with Gasteiger partial charge >= 0.3 is 0 Å². The number of ether oxygens (including phenoxy) is 1. The van der Waals surface area contributed by atoms with E-state index in [1.807, 2.05) is 0 Å². The first-order chi connectivity index (χ1) is 11.6. The van der Waals surface area contributed by atoms with E-state index in [2.05, 4.69) is 66.7 Å². The van der Waals surface area contributed by atoms with Crippen molar-refractivity contribution in [3.63, 3.8) is 0 Å². The van der Waals surface area contributed by atoms with E-state index in [-0.39, 0.29) is 6.04 Å². The molecule has 0 unspecified atom stereocenters. The van der Waals surface area contributed by atoms with Crippen molar-refractivity contribution < 1.29 is 4.74 Å². The molecule has 1 aromatic carbocycles. The molecule has 3 rings (SSSR count). The molecule has 0 bridgehead atoms. The fourth-order valence-corrected chi connectivity index (χ4v) is 3.71. The van der Waals surface area contributed by atoms with Crippen LogP contribution in [0.4, 0.5) is 0 Å². The number of nitrogens with zero attached hydrogens (tertiary/aromatic N) is 3. The average molecular weight is 330 g/mol. The number of para-hydroxylation sites is 2. The fraction of sp³-hybridized carbons (Fsp3) is 0.632. The molecule has 132 valence electrons. The van der Waals surface area contributed by atoms with Crippen molar-refractivity contribution in [3.05, 3.63) is 30.1 Å². The highest BCUT2D eigenvalue weighted by molar-refractivity contribution is 5.76. The standard InChI is InChI=1S/C19H30N4O/c1-5-22-18-9-7-6-8-17(18)21-19(22)16(4)20-12-14(2)23-10-11-24-13-15(23)3/h6-9,14-16,20H,5,10-13H2,1-4H3/t14-,15+,16-/m0/s1. The van der Waals surface area contributed by atoms with Gasteiger partial charge in [-0.25, -0.2) is 4.98 Å². The number of aryl methyl sites for hydroxylation is 1. The molecule has 0 amide bonds. The number of hydrogen-bond donors (Lipinski definition) is 1. The molecule has 1 aliphatic rings. The van der Waals surface area contributed by atoms with Crippen molar-refractivity contribution in [2.75, 3.05) is 26.3 Å². The van der Waals surface area contributed by atoms with Gasteiger partial charge in [0.2, 0.25) is 0 Å². The Morgan fingerprint density at radius 2 is 2.12 bits per heavy atom. The molecule has 1 N–H and O–H groups in total. The Labute approximate surface area is 145 Å². The average Bonchev–Trinajstić information content (AvgIpc) is 2.98. The van der Waals surface area contributed by atoms with Crippen LogP contribution in [0, 0.1) is 0 Å². The van der Waals surface area contributed by atoms with E-state index in [0.29, 0.717) is 12.1 Å². The van der Waals surface area contributed by atoms with Crippen molar-refractivity contribution in [2.24, 2.45) is 0 Å². The monoisotopic (exact) mass is 330 g/mol. The molecule has 1 fully saturated rings. The van der Waals surface area contributed by atoms with E-state index in [4.69, 9.17) is 9.72 Å². The van der Waals surface area contributed by atoms with Gasteiger partial charge in [0, 0.05) is 31.7 Å². The Morgan fingerprint density at radius 3 is 2.88 bits per heavy atom. The number of nitrogens with one attached hydrogen (secondary N) is 1. The van der Waals surface area contributed by atoms with Crippen molar-refractivity contribution in [3.8, 4) is 0 Å². The summed E-state index contributed by atoms with van der Waals surface area (Å²) in [6, 6.07) is 9.60. The molecule has 2 aromatic rings. The fourth-order valence-electron chi connectivity index (χ4n) is 3.71. The summed E-state index contributed by atoms with van der Waals surface area (Å²) in [6.45, 7) is 13.5. The number of aromatic nitrogens is 2. The molecule has 0 radical (unpaired) electrons. The maximum Gasteiger partial charge on any atom is 0.126 e. The van der Waals surface area contributed by atoms with Crippen LogP contribution < -0.4 is 5.32 Å².